The number of nitrogens with one attached hydrogen (secondary N) is 1. The van der Waals surface area contributed by atoms with Crippen LogP contribution in [-0.4, -0.2) is 19.1 Å². The topological polar surface area (TPSA) is 64.3 Å². The van der Waals surface area contributed by atoms with Gasteiger partial charge in [0.25, 0.3) is 0 Å². The predicted molar refractivity (Wildman–Crippen MR) is 84.7 cm³/mol. The minimum atomic E-state index is -0.415. The highest BCUT2D eigenvalue weighted by Crippen LogP contribution is 2.16. The number of hydrogen-bond donors (Lipinski definition) is 2. The molecule has 1 amide bonds. The van der Waals surface area contributed by atoms with Gasteiger partial charge in [-0.3, -0.25) is 4.79 Å². The Labute approximate surface area is 124 Å². The molecule has 0 bridgehead atoms. The lowest BCUT2D eigenvalue weighted by molar-refractivity contribution is 0.100. The highest BCUT2D eigenvalue weighted by molar-refractivity contribution is 5.93. The van der Waals surface area contributed by atoms with E-state index in [1.165, 1.54) is 5.56 Å². The molecule has 3 N–H and O–H groups in total. The van der Waals surface area contributed by atoms with Gasteiger partial charge in [0.1, 0.15) is 5.75 Å². The number of anilines is 1. The molecule has 1 unspecified atom stereocenters. The van der Waals surface area contributed by atoms with Crippen LogP contribution in [-0.2, 0) is 6.42 Å². The molecule has 2 aromatic carbocycles. The summed E-state index contributed by atoms with van der Waals surface area (Å²) in [5.74, 6) is 0.440. The molecular formula is C17H20N2O2. The number of carbonyl (C=O) groups excluding carboxylic acids is 1. The number of methoxy groups -OCH3 is 1. The summed E-state index contributed by atoms with van der Waals surface area (Å²) in [5, 5.41) is 3.38. The van der Waals surface area contributed by atoms with E-state index in [4.69, 9.17) is 10.5 Å². The molecule has 2 aromatic rings. The normalized spacial score (nSPS) is 11.7. The van der Waals surface area contributed by atoms with Crippen molar-refractivity contribution in [2.45, 2.75) is 19.4 Å². The van der Waals surface area contributed by atoms with Crippen molar-refractivity contribution in [3.05, 3.63) is 59.7 Å². The average molecular weight is 284 g/mol. The van der Waals surface area contributed by atoms with Crippen LogP contribution in [0.15, 0.2) is 48.5 Å². The molecular weight excluding hydrogens is 264 g/mol. The summed E-state index contributed by atoms with van der Waals surface area (Å²) in [6.45, 7) is 2.10. The van der Waals surface area contributed by atoms with Crippen LogP contribution >= 0.6 is 0 Å². The Morgan fingerprint density at radius 2 is 1.95 bits per heavy atom. The summed E-state index contributed by atoms with van der Waals surface area (Å²) < 4.78 is 5.15. The molecule has 4 nitrogen and oxygen atoms in total. The van der Waals surface area contributed by atoms with E-state index < -0.39 is 5.91 Å². The number of nitrogens with two attached hydrogens (primary N) is 1. The number of amides is 1. The van der Waals surface area contributed by atoms with Crippen molar-refractivity contribution in [1.82, 2.24) is 0 Å². The minimum absolute atomic E-state index is 0.238. The molecule has 110 valence electrons. The fraction of sp³-hybridized carbons (Fsp3) is 0.235. The van der Waals surface area contributed by atoms with Crippen molar-refractivity contribution in [1.29, 1.82) is 0 Å². The largest absolute Gasteiger partial charge is 0.497 e. The Hall–Kier alpha value is -2.49. The fourth-order valence-corrected chi connectivity index (χ4v) is 2.21. The molecule has 4 heteroatoms. The van der Waals surface area contributed by atoms with Crippen molar-refractivity contribution >= 4 is 11.6 Å². The smallest absolute Gasteiger partial charge is 0.248 e. The minimum Gasteiger partial charge on any atom is -0.497 e. The second-order valence-electron chi connectivity index (χ2n) is 5.04. The molecule has 0 saturated carbocycles. The second kappa shape index (κ2) is 6.79. The van der Waals surface area contributed by atoms with E-state index in [1.807, 2.05) is 24.3 Å². The number of benzene rings is 2. The lowest BCUT2D eigenvalue weighted by Gasteiger charge is -2.16. The maximum Gasteiger partial charge on any atom is 0.248 e. The third kappa shape index (κ3) is 4.24. The van der Waals surface area contributed by atoms with Gasteiger partial charge in [-0.15, -0.1) is 0 Å². The summed E-state index contributed by atoms with van der Waals surface area (Å²) in [6.07, 6.45) is 0.880. The molecule has 0 aliphatic carbocycles. The van der Waals surface area contributed by atoms with E-state index in [-0.39, 0.29) is 6.04 Å². The van der Waals surface area contributed by atoms with E-state index in [0.717, 1.165) is 17.9 Å². The van der Waals surface area contributed by atoms with Crippen LogP contribution in [0.3, 0.4) is 0 Å². The van der Waals surface area contributed by atoms with Gasteiger partial charge in [-0.05, 0) is 49.2 Å². The molecule has 0 heterocycles. The van der Waals surface area contributed by atoms with E-state index >= 15 is 0 Å². The molecule has 0 aliphatic rings. The van der Waals surface area contributed by atoms with Gasteiger partial charge in [-0.2, -0.15) is 0 Å². The monoisotopic (exact) mass is 284 g/mol. The van der Waals surface area contributed by atoms with Crippen LogP contribution in [0.2, 0.25) is 0 Å². The van der Waals surface area contributed by atoms with Crippen LogP contribution in [0.25, 0.3) is 0 Å². The quantitative estimate of drug-likeness (QED) is 0.857. The Bertz CT molecular complexity index is 608. The highest BCUT2D eigenvalue weighted by atomic mass is 16.5. The third-order valence-corrected chi connectivity index (χ3v) is 3.26. The molecule has 0 aromatic heterocycles. The van der Waals surface area contributed by atoms with E-state index in [9.17, 15) is 4.79 Å². The molecule has 0 aliphatic heterocycles. The zero-order chi connectivity index (χ0) is 15.2. The summed E-state index contributed by atoms with van der Waals surface area (Å²) in [4.78, 5) is 11.2. The maximum atomic E-state index is 11.2. The van der Waals surface area contributed by atoms with E-state index in [0.29, 0.717) is 5.56 Å². The Kier molecular flexibility index (Phi) is 4.82. The second-order valence-corrected chi connectivity index (χ2v) is 5.04. The summed E-state index contributed by atoms with van der Waals surface area (Å²) in [7, 11) is 1.66. The first-order valence-corrected chi connectivity index (χ1v) is 6.88. The molecule has 21 heavy (non-hydrogen) atoms. The van der Waals surface area contributed by atoms with Crippen LogP contribution in [0.4, 0.5) is 5.69 Å². The lowest BCUT2D eigenvalue weighted by Crippen LogP contribution is -2.18. The zero-order valence-corrected chi connectivity index (χ0v) is 12.3. The van der Waals surface area contributed by atoms with Crippen molar-refractivity contribution in [2.24, 2.45) is 5.73 Å². The molecule has 0 saturated heterocycles. The van der Waals surface area contributed by atoms with Crippen LogP contribution < -0.4 is 15.8 Å². The van der Waals surface area contributed by atoms with E-state index in [2.05, 4.69) is 24.4 Å². The molecule has 1 atom stereocenters. The Morgan fingerprint density at radius 1 is 1.24 bits per heavy atom. The van der Waals surface area contributed by atoms with Gasteiger partial charge in [0.05, 0.1) is 7.11 Å². The van der Waals surface area contributed by atoms with Crippen molar-refractivity contribution in [3.8, 4) is 5.75 Å². The summed E-state index contributed by atoms with van der Waals surface area (Å²) >= 11 is 0. The maximum absolute atomic E-state index is 11.2. The predicted octanol–water partition coefficient (Wildman–Crippen LogP) is 2.84. The number of ether oxygens (including phenoxy) is 1. The Morgan fingerprint density at radius 3 is 2.57 bits per heavy atom. The van der Waals surface area contributed by atoms with E-state index in [1.54, 1.807) is 19.2 Å². The molecule has 2 rings (SSSR count). The van der Waals surface area contributed by atoms with Gasteiger partial charge < -0.3 is 15.8 Å². The number of rotatable bonds is 6. The van der Waals surface area contributed by atoms with Gasteiger partial charge in [0.2, 0.25) is 5.91 Å². The van der Waals surface area contributed by atoms with Gasteiger partial charge in [0, 0.05) is 17.3 Å². The van der Waals surface area contributed by atoms with Gasteiger partial charge >= 0.3 is 0 Å². The van der Waals surface area contributed by atoms with Crippen molar-refractivity contribution < 1.29 is 9.53 Å². The van der Waals surface area contributed by atoms with Gasteiger partial charge in [0.15, 0.2) is 0 Å². The van der Waals surface area contributed by atoms with Crippen LogP contribution in [0.1, 0.15) is 22.8 Å². The molecule has 0 fully saturated rings. The van der Waals surface area contributed by atoms with Crippen LogP contribution in [0, 0.1) is 0 Å². The standard InChI is InChI=1S/C17H20N2O2/c1-12(10-13-6-8-16(21-2)9-7-13)19-15-5-3-4-14(11-15)17(18)20/h3-9,11-12,19H,10H2,1-2H3,(H2,18,20). The SMILES string of the molecule is COc1ccc(CC(C)Nc2cccc(C(N)=O)c2)cc1. The van der Waals surface area contributed by atoms with Gasteiger partial charge in [-0.25, -0.2) is 0 Å². The highest BCUT2D eigenvalue weighted by Gasteiger charge is 2.06. The van der Waals surface area contributed by atoms with Crippen LogP contribution in [0.5, 0.6) is 5.75 Å². The number of carbonyl (C=O) groups is 1. The molecule has 0 radical (unpaired) electrons. The fourth-order valence-electron chi connectivity index (χ4n) is 2.21. The van der Waals surface area contributed by atoms with Crippen molar-refractivity contribution in [3.63, 3.8) is 0 Å². The van der Waals surface area contributed by atoms with Crippen molar-refractivity contribution in [2.75, 3.05) is 12.4 Å². The first kappa shape index (κ1) is 14.9. The summed E-state index contributed by atoms with van der Waals surface area (Å²) in [5.41, 5.74) is 7.92. The third-order valence-electron chi connectivity index (χ3n) is 3.26. The Balaban J connectivity index is 1.98. The number of primary amides is 1. The van der Waals surface area contributed by atoms with Gasteiger partial charge in [-0.1, -0.05) is 18.2 Å². The molecule has 0 spiro atoms. The number of hydrogen-bond acceptors (Lipinski definition) is 3. The zero-order valence-electron chi connectivity index (χ0n) is 12.3. The summed E-state index contributed by atoms with van der Waals surface area (Å²) in [6, 6.07) is 15.5. The lowest BCUT2D eigenvalue weighted by atomic mass is 10.1. The average Bonchev–Trinajstić information content (AvgIpc) is 2.48. The first-order chi connectivity index (χ1) is 10.1. The first-order valence-electron chi connectivity index (χ1n) is 6.88.